The molecule has 0 amide bonds. The molecule has 2 aromatic rings. The summed E-state index contributed by atoms with van der Waals surface area (Å²) in [5, 5.41) is 9.37. The molecule has 5 heteroatoms. The van der Waals surface area contributed by atoms with Gasteiger partial charge in [-0.15, -0.1) is 0 Å². The molecule has 104 valence electrons. The van der Waals surface area contributed by atoms with Gasteiger partial charge in [0.25, 0.3) is 0 Å². The number of carboxylic acids is 1. The number of nitrogens with zero attached hydrogens (tertiary/aromatic N) is 3. The van der Waals surface area contributed by atoms with E-state index in [0.29, 0.717) is 17.9 Å². The summed E-state index contributed by atoms with van der Waals surface area (Å²) in [5.41, 5.74) is 2.63. The maximum atomic E-state index is 11.4. The van der Waals surface area contributed by atoms with Crippen LogP contribution in [0.3, 0.4) is 0 Å². The summed E-state index contributed by atoms with van der Waals surface area (Å²) < 4.78 is 0. The number of rotatable bonds is 4. The number of aromatic nitrogens is 2. The highest BCUT2D eigenvalue weighted by Crippen LogP contribution is 2.22. The average molecular weight is 271 g/mol. The second-order valence-corrected chi connectivity index (χ2v) is 4.76. The van der Waals surface area contributed by atoms with Crippen molar-refractivity contribution in [3.8, 4) is 0 Å². The number of hydrogen-bond acceptors (Lipinski definition) is 4. The molecule has 0 spiro atoms. The van der Waals surface area contributed by atoms with Crippen molar-refractivity contribution in [2.24, 2.45) is 0 Å². The van der Waals surface area contributed by atoms with Crippen molar-refractivity contribution in [3.63, 3.8) is 0 Å². The Morgan fingerprint density at radius 3 is 2.70 bits per heavy atom. The minimum Gasteiger partial charge on any atom is -0.478 e. The number of aromatic carboxylic acids is 1. The van der Waals surface area contributed by atoms with Crippen LogP contribution in [0, 0.1) is 13.8 Å². The lowest BCUT2D eigenvalue weighted by atomic mass is 10.1. The number of carbonyl (C=O) groups is 1. The predicted molar refractivity (Wildman–Crippen MR) is 77.0 cm³/mol. The Morgan fingerprint density at radius 2 is 2.10 bits per heavy atom. The highest BCUT2D eigenvalue weighted by Gasteiger charge is 2.19. The maximum absolute atomic E-state index is 11.4. The largest absolute Gasteiger partial charge is 0.478 e. The predicted octanol–water partition coefficient (Wildman–Crippen LogP) is 2.43. The topological polar surface area (TPSA) is 66.3 Å². The van der Waals surface area contributed by atoms with Gasteiger partial charge in [0, 0.05) is 18.9 Å². The molecule has 0 aromatic carbocycles. The summed E-state index contributed by atoms with van der Waals surface area (Å²) in [5.74, 6) is -0.487. The molecule has 2 rings (SSSR count). The molecule has 0 unspecified atom stereocenters. The smallest absolute Gasteiger partial charge is 0.339 e. The van der Waals surface area contributed by atoms with Crippen LogP contribution in [0.5, 0.6) is 0 Å². The summed E-state index contributed by atoms with van der Waals surface area (Å²) in [6.45, 7) is 4.16. The third-order valence-electron chi connectivity index (χ3n) is 3.03. The van der Waals surface area contributed by atoms with Crippen molar-refractivity contribution >= 4 is 11.8 Å². The molecule has 0 radical (unpaired) electrons. The summed E-state index contributed by atoms with van der Waals surface area (Å²) in [6.07, 6.45) is 1.72. The van der Waals surface area contributed by atoms with Gasteiger partial charge in [-0.3, -0.25) is 4.98 Å². The van der Waals surface area contributed by atoms with Gasteiger partial charge in [0.15, 0.2) is 0 Å². The number of carboxylic acid groups (broad SMARTS) is 1. The third-order valence-corrected chi connectivity index (χ3v) is 3.03. The highest BCUT2D eigenvalue weighted by molar-refractivity contribution is 5.95. The van der Waals surface area contributed by atoms with Crippen molar-refractivity contribution in [2.45, 2.75) is 20.4 Å². The first-order valence-electron chi connectivity index (χ1n) is 6.31. The molecule has 0 aliphatic heterocycles. The van der Waals surface area contributed by atoms with E-state index in [9.17, 15) is 9.90 Å². The molecule has 1 N–H and O–H groups in total. The van der Waals surface area contributed by atoms with Gasteiger partial charge in [-0.1, -0.05) is 6.07 Å². The highest BCUT2D eigenvalue weighted by atomic mass is 16.4. The quantitative estimate of drug-likeness (QED) is 0.925. The molecular formula is C15H17N3O2. The maximum Gasteiger partial charge on any atom is 0.339 e. The van der Waals surface area contributed by atoms with Crippen molar-refractivity contribution in [2.75, 3.05) is 11.9 Å². The average Bonchev–Trinajstić information content (AvgIpc) is 2.38. The monoisotopic (exact) mass is 271 g/mol. The van der Waals surface area contributed by atoms with Crippen LogP contribution in [-0.4, -0.2) is 28.1 Å². The minimum absolute atomic E-state index is 0.244. The van der Waals surface area contributed by atoms with Crippen LogP contribution in [0.25, 0.3) is 0 Å². The van der Waals surface area contributed by atoms with E-state index in [1.165, 1.54) is 0 Å². The van der Waals surface area contributed by atoms with Crippen molar-refractivity contribution in [1.29, 1.82) is 0 Å². The van der Waals surface area contributed by atoms with E-state index in [-0.39, 0.29) is 5.56 Å². The van der Waals surface area contributed by atoms with Crippen LogP contribution in [0.2, 0.25) is 0 Å². The Labute approximate surface area is 117 Å². The van der Waals surface area contributed by atoms with Crippen molar-refractivity contribution < 1.29 is 9.90 Å². The van der Waals surface area contributed by atoms with E-state index in [4.69, 9.17) is 0 Å². The van der Waals surface area contributed by atoms with E-state index >= 15 is 0 Å². The second-order valence-electron chi connectivity index (χ2n) is 4.76. The van der Waals surface area contributed by atoms with Crippen LogP contribution in [0.15, 0.2) is 30.5 Å². The molecule has 0 atom stereocenters. The van der Waals surface area contributed by atoms with Gasteiger partial charge in [-0.2, -0.15) is 0 Å². The molecule has 20 heavy (non-hydrogen) atoms. The Kier molecular flexibility index (Phi) is 3.98. The van der Waals surface area contributed by atoms with Crippen LogP contribution in [0.1, 0.15) is 27.3 Å². The zero-order chi connectivity index (χ0) is 14.7. The Hall–Kier alpha value is -2.43. The van der Waals surface area contributed by atoms with Crippen molar-refractivity contribution in [3.05, 3.63) is 53.0 Å². The van der Waals surface area contributed by atoms with Gasteiger partial charge in [-0.05, 0) is 37.6 Å². The van der Waals surface area contributed by atoms with Crippen LogP contribution in [-0.2, 0) is 6.54 Å². The Morgan fingerprint density at radius 1 is 1.35 bits per heavy atom. The molecule has 2 aromatic heterocycles. The fourth-order valence-electron chi connectivity index (χ4n) is 2.17. The Balaban J connectivity index is 2.38. The Bertz CT molecular complexity index is 627. The summed E-state index contributed by atoms with van der Waals surface area (Å²) >= 11 is 0. The molecule has 0 fully saturated rings. The van der Waals surface area contributed by atoms with Gasteiger partial charge in [0.05, 0.1) is 12.2 Å². The number of aryl methyl sites for hydroxylation is 2. The van der Waals surface area contributed by atoms with E-state index in [2.05, 4.69) is 9.97 Å². The van der Waals surface area contributed by atoms with Crippen LogP contribution >= 0.6 is 0 Å². The molecule has 2 heterocycles. The van der Waals surface area contributed by atoms with Gasteiger partial charge >= 0.3 is 5.97 Å². The van der Waals surface area contributed by atoms with Gasteiger partial charge in [0.2, 0.25) is 0 Å². The van der Waals surface area contributed by atoms with Crippen LogP contribution < -0.4 is 4.90 Å². The van der Waals surface area contributed by atoms with E-state index in [1.54, 1.807) is 19.2 Å². The van der Waals surface area contributed by atoms with Gasteiger partial charge in [-0.25, -0.2) is 9.78 Å². The van der Waals surface area contributed by atoms with Gasteiger partial charge < -0.3 is 10.0 Å². The second kappa shape index (κ2) is 5.69. The molecular weight excluding hydrogens is 254 g/mol. The molecule has 0 bridgehead atoms. The lowest BCUT2D eigenvalue weighted by molar-refractivity contribution is 0.0696. The number of hydrogen-bond donors (Lipinski definition) is 1. The first-order valence-corrected chi connectivity index (χ1v) is 6.31. The van der Waals surface area contributed by atoms with E-state index in [0.717, 1.165) is 11.4 Å². The first-order chi connectivity index (χ1) is 9.49. The molecule has 0 aliphatic carbocycles. The fourth-order valence-corrected chi connectivity index (χ4v) is 2.17. The SMILES string of the molecule is Cc1cc(C)c(C(=O)O)c(N(C)Cc2ccccn2)n1. The van der Waals surface area contributed by atoms with Gasteiger partial charge in [0.1, 0.15) is 11.4 Å². The third kappa shape index (κ3) is 2.93. The van der Waals surface area contributed by atoms with E-state index < -0.39 is 5.97 Å². The first kappa shape index (κ1) is 14.0. The fraction of sp³-hybridized carbons (Fsp3) is 0.267. The lowest BCUT2D eigenvalue weighted by Gasteiger charge is -2.21. The van der Waals surface area contributed by atoms with E-state index in [1.807, 2.05) is 37.1 Å². The lowest BCUT2D eigenvalue weighted by Crippen LogP contribution is -2.22. The summed E-state index contributed by atoms with van der Waals surface area (Å²) in [4.78, 5) is 21.9. The molecule has 0 saturated carbocycles. The zero-order valence-corrected chi connectivity index (χ0v) is 11.8. The minimum atomic E-state index is -0.960. The van der Waals surface area contributed by atoms with Crippen LogP contribution in [0.4, 0.5) is 5.82 Å². The standard InChI is InChI=1S/C15H17N3O2/c1-10-8-11(2)17-14(13(10)15(19)20)18(3)9-12-6-4-5-7-16-12/h4-8H,9H2,1-3H3,(H,19,20). The molecule has 0 aliphatic rings. The molecule has 5 nitrogen and oxygen atoms in total. The zero-order valence-electron chi connectivity index (χ0n) is 11.8. The number of anilines is 1. The summed E-state index contributed by atoms with van der Waals surface area (Å²) in [6, 6.07) is 7.44. The normalized spacial score (nSPS) is 10.3. The summed E-state index contributed by atoms with van der Waals surface area (Å²) in [7, 11) is 1.82. The molecule has 0 saturated heterocycles. The van der Waals surface area contributed by atoms with Crippen molar-refractivity contribution in [1.82, 2.24) is 9.97 Å². The number of pyridine rings is 2.